The summed E-state index contributed by atoms with van der Waals surface area (Å²) in [7, 11) is 0. The molecule has 2 rings (SSSR count). The van der Waals surface area contributed by atoms with E-state index >= 15 is 0 Å². The molecule has 4 heteroatoms. The van der Waals surface area contributed by atoms with Crippen molar-refractivity contribution >= 4 is 0 Å². The van der Waals surface area contributed by atoms with Crippen molar-refractivity contribution in [1.29, 1.82) is 0 Å². The van der Waals surface area contributed by atoms with E-state index in [0.29, 0.717) is 29.6 Å². The summed E-state index contributed by atoms with van der Waals surface area (Å²) in [6.45, 7) is 4.08. The monoisotopic (exact) mass is 208 g/mol. The molecule has 2 atom stereocenters. The summed E-state index contributed by atoms with van der Waals surface area (Å²) in [5.74, 6) is 1.46. The molecular weight excluding hydrogens is 192 g/mol. The first-order valence-corrected chi connectivity index (χ1v) is 5.45. The number of rotatable bonds is 3. The van der Waals surface area contributed by atoms with Gasteiger partial charge >= 0.3 is 0 Å². The molecule has 0 aromatic carbocycles. The van der Waals surface area contributed by atoms with E-state index < -0.39 is 0 Å². The van der Waals surface area contributed by atoms with E-state index in [0.717, 1.165) is 12.8 Å². The summed E-state index contributed by atoms with van der Waals surface area (Å²) in [6, 6.07) is 0. The molecule has 0 amide bonds. The van der Waals surface area contributed by atoms with Crippen molar-refractivity contribution in [3.05, 3.63) is 21.7 Å². The minimum atomic E-state index is -0.182. The molecule has 1 aromatic rings. The van der Waals surface area contributed by atoms with Crippen LogP contribution in [-0.2, 0) is 6.42 Å². The second-order valence-electron chi connectivity index (χ2n) is 4.32. The summed E-state index contributed by atoms with van der Waals surface area (Å²) >= 11 is 0. The molecule has 1 aromatic heterocycles. The molecule has 82 valence electrons. The van der Waals surface area contributed by atoms with Gasteiger partial charge in [-0.05, 0) is 18.8 Å². The highest BCUT2D eigenvalue weighted by atomic mass is 16.3. The third-order valence-electron chi connectivity index (χ3n) is 2.97. The first-order valence-electron chi connectivity index (χ1n) is 5.45. The van der Waals surface area contributed by atoms with Gasteiger partial charge in [-0.15, -0.1) is 0 Å². The maximum absolute atomic E-state index is 11.6. The summed E-state index contributed by atoms with van der Waals surface area (Å²) in [4.78, 5) is 18.5. The normalized spacial score (nSPS) is 24.1. The molecule has 2 N–H and O–H groups in total. The molecule has 4 nitrogen and oxygen atoms in total. The van der Waals surface area contributed by atoms with Gasteiger partial charge < -0.3 is 10.1 Å². The van der Waals surface area contributed by atoms with Crippen LogP contribution in [0.1, 0.15) is 44.0 Å². The molecule has 1 aliphatic carbocycles. The highest BCUT2D eigenvalue weighted by Gasteiger charge is 2.36. The van der Waals surface area contributed by atoms with Crippen molar-refractivity contribution in [2.45, 2.75) is 39.0 Å². The minimum Gasteiger partial charge on any atom is -0.493 e. The predicted octanol–water partition coefficient (Wildman–Crippen LogP) is 1.55. The van der Waals surface area contributed by atoms with E-state index in [-0.39, 0.29) is 11.4 Å². The van der Waals surface area contributed by atoms with Crippen LogP contribution >= 0.6 is 0 Å². The number of nitrogens with one attached hydrogen (secondary N) is 1. The van der Waals surface area contributed by atoms with Gasteiger partial charge in [-0.25, -0.2) is 0 Å². The van der Waals surface area contributed by atoms with Crippen molar-refractivity contribution in [2.24, 2.45) is 5.92 Å². The van der Waals surface area contributed by atoms with Gasteiger partial charge in [0.2, 0.25) is 5.88 Å². The van der Waals surface area contributed by atoms with Gasteiger partial charge in [-0.1, -0.05) is 20.3 Å². The van der Waals surface area contributed by atoms with Crippen LogP contribution in [0.15, 0.2) is 4.79 Å². The number of aromatic nitrogens is 2. The molecule has 0 radical (unpaired) electrons. The predicted molar refractivity (Wildman–Crippen MR) is 57.0 cm³/mol. The number of H-pyrrole nitrogens is 1. The zero-order chi connectivity index (χ0) is 11.0. The van der Waals surface area contributed by atoms with Crippen molar-refractivity contribution in [3.63, 3.8) is 0 Å². The number of aromatic hydroxyl groups is 1. The van der Waals surface area contributed by atoms with E-state index in [1.807, 2.05) is 6.92 Å². The molecule has 0 saturated heterocycles. The molecule has 0 spiro atoms. The average Bonchev–Trinajstić information content (AvgIpc) is 2.89. The Hall–Kier alpha value is -1.32. The molecule has 1 saturated carbocycles. The van der Waals surface area contributed by atoms with Gasteiger partial charge in [-0.2, -0.15) is 4.98 Å². The van der Waals surface area contributed by atoms with Crippen molar-refractivity contribution in [2.75, 3.05) is 0 Å². The fourth-order valence-corrected chi connectivity index (χ4v) is 1.86. The van der Waals surface area contributed by atoms with Crippen LogP contribution in [0.3, 0.4) is 0 Å². The quantitative estimate of drug-likeness (QED) is 0.792. The topological polar surface area (TPSA) is 66.0 Å². The Labute approximate surface area is 88.4 Å². The van der Waals surface area contributed by atoms with Crippen LogP contribution in [0, 0.1) is 5.92 Å². The smallest absolute Gasteiger partial charge is 0.257 e. The van der Waals surface area contributed by atoms with Crippen LogP contribution in [0.2, 0.25) is 0 Å². The largest absolute Gasteiger partial charge is 0.493 e. The average molecular weight is 208 g/mol. The Morgan fingerprint density at radius 3 is 2.73 bits per heavy atom. The SMILES string of the molecule is CCCc1c(O)nc(C2CC2C)[nH]c1=O. The van der Waals surface area contributed by atoms with E-state index in [1.54, 1.807) is 0 Å². The lowest BCUT2D eigenvalue weighted by Crippen LogP contribution is -2.16. The standard InChI is InChI=1S/C11H16N2O2/c1-3-4-7-10(14)12-9(13-11(7)15)8-5-6(8)2/h6,8H,3-5H2,1-2H3,(H2,12,13,14,15). The van der Waals surface area contributed by atoms with Gasteiger partial charge in [0.1, 0.15) is 5.82 Å². The van der Waals surface area contributed by atoms with Crippen molar-refractivity contribution in [3.8, 4) is 5.88 Å². The molecule has 1 aliphatic rings. The number of hydrogen-bond acceptors (Lipinski definition) is 3. The Morgan fingerprint density at radius 1 is 1.60 bits per heavy atom. The summed E-state index contributed by atoms with van der Waals surface area (Å²) in [6.07, 6.45) is 2.46. The highest BCUT2D eigenvalue weighted by molar-refractivity contribution is 5.24. The molecule has 0 bridgehead atoms. The van der Waals surface area contributed by atoms with E-state index in [2.05, 4.69) is 16.9 Å². The highest BCUT2D eigenvalue weighted by Crippen LogP contribution is 2.45. The molecule has 0 aliphatic heterocycles. The third-order valence-corrected chi connectivity index (χ3v) is 2.97. The molecule has 1 fully saturated rings. The number of hydrogen-bond donors (Lipinski definition) is 2. The van der Waals surface area contributed by atoms with E-state index in [4.69, 9.17) is 0 Å². The second kappa shape index (κ2) is 3.68. The lowest BCUT2D eigenvalue weighted by Gasteiger charge is -2.03. The van der Waals surface area contributed by atoms with Gasteiger partial charge in [0.15, 0.2) is 0 Å². The van der Waals surface area contributed by atoms with Crippen molar-refractivity contribution < 1.29 is 5.11 Å². The van der Waals surface area contributed by atoms with Crippen LogP contribution in [0.25, 0.3) is 0 Å². The first-order chi connectivity index (χ1) is 7.13. The molecule has 1 heterocycles. The maximum Gasteiger partial charge on any atom is 0.257 e. The first kappa shape index (κ1) is 10.2. The minimum absolute atomic E-state index is 0.0882. The lowest BCUT2D eigenvalue weighted by atomic mass is 10.2. The Bertz CT molecular complexity index is 425. The maximum atomic E-state index is 11.6. The summed E-state index contributed by atoms with van der Waals surface area (Å²) in [5.41, 5.74) is 0.230. The zero-order valence-corrected chi connectivity index (χ0v) is 9.08. The fraction of sp³-hybridized carbons (Fsp3) is 0.636. The second-order valence-corrected chi connectivity index (χ2v) is 4.32. The zero-order valence-electron chi connectivity index (χ0n) is 9.08. The van der Waals surface area contributed by atoms with E-state index in [1.165, 1.54) is 0 Å². The van der Waals surface area contributed by atoms with Gasteiger partial charge in [0.25, 0.3) is 5.56 Å². The van der Waals surface area contributed by atoms with Crippen LogP contribution in [-0.4, -0.2) is 15.1 Å². The van der Waals surface area contributed by atoms with Crippen LogP contribution in [0.5, 0.6) is 5.88 Å². The number of aromatic amines is 1. The van der Waals surface area contributed by atoms with Crippen molar-refractivity contribution in [1.82, 2.24) is 9.97 Å². The molecule has 2 unspecified atom stereocenters. The van der Waals surface area contributed by atoms with E-state index in [9.17, 15) is 9.90 Å². The van der Waals surface area contributed by atoms with Gasteiger partial charge in [0.05, 0.1) is 5.56 Å². The Balaban J connectivity index is 2.35. The summed E-state index contributed by atoms with van der Waals surface area (Å²) in [5, 5.41) is 9.64. The fourth-order valence-electron chi connectivity index (χ4n) is 1.86. The molecular formula is C11H16N2O2. The lowest BCUT2D eigenvalue weighted by molar-refractivity contribution is 0.438. The van der Waals surface area contributed by atoms with Gasteiger partial charge in [0, 0.05) is 5.92 Å². The molecule has 15 heavy (non-hydrogen) atoms. The Morgan fingerprint density at radius 2 is 2.27 bits per heavy atom. The van der Waals surface area contributed by atoms with Gasteiger partial charge in [-0.3, -0.25) is 4.79 Å². The number of nitrogens with zero attached hydrogens (tertiary/aromatic N) is 1. The third kappa shape index (κ3) is 1.89. The van der Waals surface area contributed by atoms with Crippen LogP contribution in [0.4, 0.5) is 0 Å². The van der Waals surface area contributed by atoms with Crippen LogP contribution < -0.4 is 5.56 Å². The Kier molecular flexibility index (Phi) is 2.50. The summed E-state index contributed by atoms with van der Waals surface area (Å²) < 4.78 is 0.